The van der Waals surface area contributed by atoms with Crippen molar-refractivity contribution in [3.8, 4) is 5.75 Å². The molecule has 3 heteroatoms. The van der Waals surface area contributed by atoms with E-state index in [4.69, 9.17) is 3.87 Å². The molecule has 0 atom stereocenters. The van der Waals surface area contributed by atoms with Crippen LogP contribution in [0.2, 0.25) is 0 Å². The minimum absolute atomic E-state index is 0.0464. The maximum absolute atomic E-state index is 10.5. The summed E-state index contributed by atoms with van der Waals surface area (Å²) in [5, 5.41) is 10.5. The molecule has 0 saturated carbocycles. The van der Waals surface area contributed by atoms with Crippen LogP contribution in [0.4, 0.5) is 0 Å². The van der Waals surface area contributed by atoms with E-state index in [0.717, 1.165) is 24.0 Å². The van der Waals surface area contributed by atoms with E-state index in [-0.39, 0.29) is 10.8 Å². The van der Waals surface area contributed by atoms with Crippen LogP contribution in [-0.4, -0.2) is 5.11 Å². The average Bonchev–Trinajstić information content (AvgIpc) is 2.84. The van der Waals surface area contributed by atoms with Gasteiger partial charge in [0.1, 0.15) is 5.75 Å². The van der Waals surface area contributed by atoms with Crippen LogP contribution in [0.15, 0.2) is 12.1 Å². The van der Waals surface area contributed by atoms with Crippen molar-refractivity contribution in [1.29, 1.82) is 0 Å². The monoisotopic (exact) mass is 561 g/mol. The van der Waals surface area contributed by atoms with Gasteiger partial charge in [-0.3, -0.25) is 0 Å². The number of benzene rings is 1. The summed E-state index contributed by atoms with van der Waals surface area (Å²) in [7, 11) is 0. The molecule has 0 aliphatic rings. The van der Waals surface area contributed by atoms with Crippen molar-refractivity contribution in [2.45, 2.75) is 168 Å². The molecule has 0 aliphatic carbocycles. The van der Waals surface area contributed by atoms with Crippen LogP contribution in [0.5, 0.6) is 5.75 Å². The van der Waals surface area contributed by atoms with Gasteiger partial charge in [0.2, 0.25) is 0 Å². The van der Waals surface area contributed by atoms with E-state index in [2.05, 4.69) is 90.1 Å². The fraction of sp³-hybridized carbons (Fsp3) is 0.765. The molecule has 1 N–H and O–H groups in total. The standard InChI is InChI=1S/C18H37.C16H25O.Co.O/c1-3-5-7-9-11-13-15-17-18-16-14-12-10-8-6-4-2;1-8-11-9-12(15(2,3)4)14(17)13(10-11)16(5,6)7;;/h1,3-18H2,2H3;9-10,17H,1,8H2,2-7H3;;/q2*-1;;. The van der Waals surface area contributed by atoms with Gasteiger partial charge in [-0.05, 0) is 22.0 Å². The third kappa shape index (κ3) is 20.0. The predicted molar refractivity (Wildman–Crippen MR) is 160 cm³/mol. The molecule has 1 aromatic rings. The van der Waals surface area contributed by atoms with Gasteiger partial charge in [-0.2, -0.15) is 12.8 Å². The second kappa shape index (κ2) is 23.2. The van der Waals surface area contributed by atoms with E-state index in [0.29, 0.717) is 5.75 Å². The van der Waals surface area contributed by atoms with Crippen molar-refractivity contribution in [2.75, 3.05) is 0 Å². The number of hydrogen-bond donors (Lipinski definition) is 1. The fourth-order valence-corrected chi connectivity index (χ4v) is 4.53. The molecule has 1 aromatic carbocycles. The van der Waals surface area contributed by atoms with Crippen molar-refractivity contribution in [3.05, 3.63) is 42.7 Å². The number of rotatable bonds is 16. The summed E-state index contributed by atoms with van der Waals surface area (Å²) in [5.74, 6) is 0.446. The van der Waals surface area contributed by atoms with Gasteiger partial charge in [-0.15, -0.1) is 0 Å². The average molecular weight is 562 g/mol. The van der Waals surface area contributed by atoms with Gasteiger partial charge in [0.25, 0.3) is 0 Å². The Bertz CT molecular complexity index is 604. The quantitative estimate of drug-likeness (QED) is 0.161. The molecule has 221 valence electrons. The van der Waals surface area contributed by atoms with Gasteiger partial charge >= 0.3 is 19.5 Å². The molecule has 0 fully saturated rings. The van der Waals surface area contributed by atoms with Gasteiger partial charge in [0.05, 0.1) is 0 Å². The molecule has 0 aliphatic heterocycles. The third-order valence-electron chi connectivity index (χ3n) is 6.93. The first-order valence-corrected chi connectivity index (χ1v) is 15.5. The molecule has 0 radical (unpaired) electrons. The Morgan fingerprint density at radius 2 is 0.919 bits per heavy atom. The number of aromatic hydroxyl groups is 1. The summed E-state index contributed by atoms with van der Waals surface area (Å²) in [5.41, 5.74) is 3.13. The van der Waals surface area contributed by atoms with E-state index < -0.39 is 0 Å². The van der Waals surface area contributed by atoms with E-state index in [1.165, 1.54) is 102 Å². The van der Waals surface area contributed by atoms with Gasteiger partial charge in [-0.25, -0.2) is 0 Å². The Balaban J connectivity index is 0. The summed E-state index contributed by atoms with van der Waals surface area (Å²) < 4.78 is 7.94. The Kier molecular flexibility index (Phi) is 24.2. The Morgan fingerprint density at radius 3 is 1.16 bits per heavy atom. The zero-order valence-corrected chi connectivity index (χ0v) is 26.8. The van der Waals surface area contributed by atoms with Crippen LogP contribution in [0.1, 0.15) is 168 Å². The zero-order valence-electron chi connectivity index (χ0n) is 25.8. The molecule has 0 bridgehead atoms. The van der Waals surface area contributed by atoms with E-state index in [9.17, 15) is 5.11 Å². The number of unbranched alkanes of at least 4 members (excludes halogenated alkanes) is 15. The zero-order chi connectivity index (χ0) is 28.7. The Hall–Kier alpha value is -0.674. The van der Waals surface area contributed by atoms with Crippen LogP contribution in [0, 0.1) is 13.8 Å². The molecule has 37 heavy (non-hydrogen) atoms. The normalized spacial score (nSPS) is 11.4. The Morgan fingerprint density at radius 1 is 0.622 bits per heavy atom. The van der Waals surface area contributed by atoms with E-state index in [1.54, 1.807) is 0 Å². The van der Waals surface area contributed by atoms with Gasteiger partial charge in [0.15, 0.2) is 0 Å². The summed E-state index contributed by atoms with van der Waals surface area (Å²) in [4.78, 5) is 0. The fourth-order valence-electron chi connectivity index (χ4n) is 4.53. The van der Waals surface area contributed by atoms with Crippen molar-refractivity contribution in [2.24, 2.45) is 0 Å². The molecule has 0 unspecified atom stereocenters. The number of hydrogen-bond acceptors (Lipinski definition) is 2. The predicted octanol–water partition coefficient (Wildman–Crippen LogP) is 11.3. The van der Waals surface area contributed by atoms with Crippen LogP contribution < -0.4 is 0 Å². The van der Waals surface area contributed by atoms with Crippen molar-refractivity contribution in [3.63, 3.8) is 0 Å². The van der Waals surface area contributed by atoms with E-state index in [1.807, 2.05) is 0 Å². The van der Waals surface area contributed by atoms with Crippen molar-refractivity contribution >= 4 is 0 Å². The molecule has 0 spiro atoms. The summed E-state index contributed by atoms with van der Waals surface area (Å²) >= 11 is 2.31. The topological polar surface area (TPSA) is 37.3 Å². The molecule has 2 nitrogen and oxygen atoms in total. The van der Waals surface area contributed by atoms with E-state index >= 15 is 0 Å². The number of phenolic OH excluding ortho intramolecular Hbond substituents is 1. The first-order valence-electron chi connectivity index (χ1n) is 15.1. The van der Waals surface area contributed by atoms with Gasteiger partial charge in [-0.1, -0.05) is 162 Å². The molecular formula is C34H62CoO2-2. The number of phenols is 1. The van der Waals surface area contributed by atoms with Gasteiger partial charge in [0, 0.05) is 0 Å². The van der Waals surface area contributed by atoms with Crippen LogP contribution >= 0.6 is 0 Å². The van der Waals surface area contributed by atoms with Crippen molar-refractivity contribution in [1.82, 2.24) is 0 Å². The van der Waals surface area contributed by atoms with Crippen LogP contribution in [0.3, 0.4) is 0 Å². The Labute approximate surface area is 241 Å². The third-order valence-corrected chi connectivity index (χ3v) is 6.93. The SMILES string of the molecule is [CH2-]CCCCCCCCCCCCCCCCC.[CH2-]Cc1cc(C(C)(C)C)c(O)c(C(C)(C)C)c1.[O]=[Co]. The van der Waals surface area contributed by atoms with Gasteiger partial charge < -0.3 is 19.0 Å². The second-order valence-electron chi connectivity index (χ2n) is 12.6. The van der Waals surface area contributed by atoms with Crippen LogP contribution in [0.25, 0.3) is 0 Å². The summed E-state index contributed by atoms with van der Waals surface area (Å²) in [6.45, 7) is 22.9. The molecule has 1 rings (SSSR count). The first-order chi connectivity index (χ1) is 17.5. The molecule has 0 amide bonds. The maximum atomic E-state index is 10.5. The second-order valence-corrected chi connectivity index (χ2v) is 12.6. The minimum atomic E-state index is -0.0464. The first kappa shape index (κ1) is 38.5. The molecular weight excluding hydrogens is 499 g/mol. The molecule has 0 heterocycles. The van der Waals surface area contributed by atoms with Crippen molar-refractivity contribution < 1.29 is 24.6 Å². The summed E-state index contributed by atoms with van der Waals surface area (Å²) in [6, 6.07) is 4.16. The van der Waals surface area contributed by atoms with Crippen LogP contribution in [-0.2, 0) is 36.8 Å². The molecule has 0 aromatic heterocycles. The molecule has 0 saturated heterocycles. The summed E-state index contributed by atoms with van der Waals surface area (Å²) in [6.07, 6.45) is 23.6.